The van der Waals surface area contributed by atoms with Crippen molar-refractivity contribution in [2.45, 2.75) is 18.4 Å². The van der Waals surface area contributed by atoms with Crippen LogP contribution >= 0.6 is 0 Å². The minimum atomic E-state index is -3.68. The summed E-state index contributed by atoms with van der Waals surface area (Å²) in [5.41, 5.74) is 1.47. The molecule has 0 fully saturated rings. The number of hydrogen-bond donors (Lipinski definition) is 2. The summed E-state index contributed by atoms with van der Waals surface area (Å²) in [7, 11) is -0.957. The SMILES string of the molecule is CCOc1cccc(CNC(=O)C=Cc2ccc(OC)c(S(=O)(=O)NC)c2)c1. The first kappa shape index (κ1) is 21.5. The highest BCUT2D eigenvalue weighted by Crippen LogP contribution is 2.25. The molecule has 8 heteroatoms. The Labute approximate surface area is 165 Å². The zero-order chi connectivity index (χ0) is 20.6. The Balaban J connectivity index is 2.06. The van der Waals surface area contributed by atoms with E-state index in [-0.39, 0.29) is 16.6 Å². The van der Waals surface area contributed by atoms with E-state index in [0.29, 0.717) is 18.7 Å². The standard InChI is InChI=1S/C20H24N2O5S/c1-4-27-17-7-5-6-16(12-17)14-22-20(23)11-9-15-8-10-18(26-3)19(13-15)28(24,25)21-2/h5-13,21H,4,14H2,1-3H3,(H,22,23). The summed E-state index contributed by atoms with van der Waals surface area (Å²) in [6.07, 6.45) is 2.89. The second-order valence-corrected chi connectivity index (χ2v) is 7.60. The summed E-state index contributed by atoms with van der Waals surface area (Å²) in [5.74, 6) is 0.682. The lowest BCUT2D eigenvalue weighted by Gasteiger charge is -2.09. The molecule has 150 valence electrons. The Kier molecular flexibility index (Phi) is 7.60. The Hall–Kier alpha value is -2.84. The molecule has 2 aromatic rings. The van der Waals surface area contributed by atoms with E-state index in [2.05, 4.69) is 10.0 Å². The molecule has 0 aliphatic carbocycles. The zero-order valence-corrected chi connectivity index (χ0v) is 16.9. The van der Waals surface area contributed by atoms with Crippen LogP contribution in [-0.2, 0) is 21.4 Å². The molecule has 28 heavy (non-hydrogen) atoms. The molecule has 0 saturated carbocycles. The Morgan fingerprint density at radius 1 is 1.18 bits per heavy atom. The minimum absolute atomic E-state index is 0.00722. The number of carbonyl (C=O) groups is 1. The zero-order valence-electron chi connectivity index (χ0n) is 16.1. The third kappa shape index (κ3) is 5.83. The molecule has 1 amide bonds. The third-order valence-electron chi connectivity index (χ3n) is 3.85. The van der Waals surface area contributed by atoms with Gasteiger partial charge in [0.1, 0.15) is 16.4 Å². The van der Waals surface area contributed by atoms with E-state index in [4.69, 9.17) is 9.47 Å². The van der Waals surface area contributed by atoms with Gasteiger partial charge in [-0.1, -0.05) is 18.2 Å². The van der Waals surface area contributed by atoms with E-state index in [0.717, 1.165) is 11.3 Å². The molecule has 0 radical (unpaired) electrons. The maximum absolute atomic E-state index is 12.1. The van der Waals surface area contributed by atoms with Gasteiger partial charge in [0.2, 0.25) is 15.9 Å². The molecule has 0 atom stereocenters. The van der Waals surface area contributed by atoms with Gasteiger partial charge in [-0.25, -0.2) is 13.1 Å². The predicted octanol–water partition coefficient (Wildman–Crippen LogP) is 2.33. The lowest BCUT2D eigenvalue weighted by Crippen LogP contribution is -2.20. The van der Waals surface area contributed by atoms with Crippen molar-refractivity contribution in [3.8, 4) is 11.5 Å². The fraction of sp³-hybridized carbons (Fsp3) is 0.250. The summed E-state index contributed by atoms with van der Waals surface area (Å²) in [5, 5.41) is 2.78. The van der Waals surface area contributed by atoms with Crippen LogP contribution < -0.4 is 19.5 Å². The monoisotopic (exact) mass is 404 g/mol. The van der Waals surface area contributed by atoms with Crippen LogP contribution in [0.3, 0.4) is 0 Å². The predicted molar refractivity (Wildman–Crippen MR) is 108 cm³/mol. The molecule has 0 aliphatic rings. The average Bonchev–Trinajstić information content (AvgIpc) is 2.71. The minimum Gasteiger partial charge on any atom is -0.495 e. The number of rotatable bonds is 9. The van der Waals surface area contributed by atoms with Crippen LogP contribution in [0.1, 0.15) is 18.1 Å². The molecule has 2 aromatic carbocycles. The van der Waals surface area contributed by atoms with Crippen molar-refractivity contribution < 1.29 is 22.7 Å². The van der Waals surface area contributed by atoms with Crippen LogP contribution in [0.2, 0.25) is 0 Å². The number of amides is 1. The van der Waals surface area contributed by atoms with Crippen molar-refractivity contribution in [3.63, 3.8) is 0 Å². The molecule has 0 spiro atoms. The molecule has 0 bridgehead atoms. The second-order valence-electron chi connectivity index (χ2n) is 5.75. The van der Waals surface area contributed by atoms with E-state index in [1.807, 2.05) is 31.2 Å². The van der Waals surface area contributed by atoms with Crippen LogP contribution in [0, 0.1) is 0 Å². The van der Waals surface area contributed by atoms with E-state index < -0.39 is 10.0 Å². The van der Waals surface area contributed by atoms with E-state index in [1.165, 1.54) is 26.3 Å². The molecule has 0 heterocycles. The van der Waals surface area contributed by atoms with Crippen LogP contribution in [0.25, 0.3) is 6.08 Å². The highest BCUT2D eigenvalue weighted by atomic mass is 32.2. The number of benzene rings is 2. The van der Waals surface area contributed by atoms with Crippen molar-refractivity contribution in [1.29, 1.82) is 0 Å². The topological polar surface area (TPSA) is 93.7 Å². The number of hydrogen-bond acceptors (Lipinski definition) is 5. The largest absolute Gasteiger partial charge is 0.495 e. The van der Waals surface area contributed by atoms with Gasteiger partial charge >= 0.3 is 0 Å². The van der Waals surface area contributed by atoms with E-state index in [1.54, 1.807) is 18.2 Å². The lowest BCUT2D eigenvalue weighted by atomic mass is 10.2. The molecular formula is C20H24N2O5S. The van der Waals surface area contributed by atoms with Gasteiger partial charge in [0, 0.05) is 12.6 Å². The summed E-state index contributed by atoms with van der Waals surface area (Å²) in [4.78, 5) is 12.1. The van der Waals surface area contributed by atoms with Crippen LogP contribution in [0.15, 0.2) is 53.4 Å². The molecule has 0 aromatic heterocycles. The van der Waals surface area contributed by atoms with Gasteiger partial charge in [0.25, 0.3) is 0 Å². The summed E-state index contributed by atoms with van der Waals surface area (Å²) >= 11 is 0. The van der Waals surface area contributed by atoms with Crippen molar-refractivity contribution in [2.24, 2.45) is 0 Å². The van der Waals surface area contributed by atoms with Gasteiger partial charge < -0.3 is 14.8 Å². The molecule has 2 N–H and O–H groups in total. The van der Waals surface area contributed by atoms with Gasteiger partial charge in [-0.05, 0) is 55.4 Å². The second kappa shape index (κ2) is 9.91. The number of sulfonamides is 1. The molecule has 2 rings (SSSR count). The molecular weight excluding hydrogens is 380 g/mol. The Morgan fingerprint density at radius 2 is 1.96 bits per heavy atom. The average molecular weight is 404 g/mol. The molecule has 0 unspecified atom stereocenters. The van der Waals surface area contributed by atoms with Crippen molar-refractivity contribution in [2.75, 3.05) is 20.8 Å². The first-order valence-electron chi connectivity index (χ1n) is 8.69. The lowest BCUT2D eigenvalue weighted by molar-refractivity contribution is -0.116. The number of methoxy groups -OCH3 is 1. The van der Waals surface area contributed by atoms with Crippen molar-refractivity contribution in [3.05, 3.63) is 59.7 Å². The van der Waals surface area contributed by atoms with Gasteiger partial charge in [-0.15, -0.1) is 0 Å². The quantitative estimate of drug-likeness (QED) is 0.626. The maximum atomic E-state index is 12.1. The first-order valence-corrected chi connectivity index (χ1v) is 10.2. The summed E-state index contributed by atoms with van der Waals surface area (Å²) in [6.45, 7) is 2.84. The number of carbonyl (C=O) groups excluding carboxylic acids is 1. The fourth-order valence-corrected chi connectivity index (χ4v) is 3.38. The highest BCUT2D eigenvalue weighted by Gasteiger charge is 2.17. The van der Waals surface area contributed by atoms with Gasteiger partial charge in [-0.3, -0.25) is 4.79 Å². The van der Waals surface area contributed by atoms with Crippen molar-refractivity contribution >= 4 is 22.0 Å². The fourth-order valence-electron chi connectivity index (χ4n) is 2.45. The van der Waals surface area contributed by atoms with Gasteiger partial charge in [0.05, 0.1) is 13.7 Å². The first-order chi connectivity index (χ1) is 13.4. The number of nitrogens with one attached hydrogen (secondary N) is 2. The Bertz CT molecular complexity index is 955. The van der Waals surface area contributed by atoms with Crippen molar-refractivity contribution in [1.82, 2.24) is 10.0 Å². The Morgan fingerprint density at radius 3 is 2.64 bits per heavy atom. The normalized spacial score (nSPS) is 11.4. The van der Waals surface area contributed by atoms with E-state index in [9.17, 15) is 13.2 Å². The maximum Gasteiger partial charge on any atom is 0.244 e. The molecule has 0 aliphatic heterocycles. The van der Waals surface area contributed by atoms with Crippen LogP contribution in [-0.4, -0.2) is 35.1 Å². The van der Waals surface area contributed by atoms with Gasteiger partial charge in [-0.2, -0.15) is 0 Å². The van der Waals surface area contributed by atoms with Crippen LogP contribution in [0.4, 0.5) is 0 Å². The van der Waals surface area contributed by atoms with Crippen LogP contribution in [0.5, 0.6) is 11.5 Å². The highest BCUT2D eigenvalue weighted by molar-refractivity contribution is 7.89. The molecule has 0 saturated heterocycles. The summed E-state index contributed by atoms with van der Waals surface area (Å²) < 4.78 is 37.0. The number of ether oxygens (including phenoxy) is 2. The summed E-state index contributed by atoms with van der Waals surface area (Å²) in [6, 6.07) is 12.1. The van der Waals surface area contributed by atoms with Gasteiger partial charge in [0.15, 0.2) is 0 Å². The molecule has 7 nitrogen and oxygen atoms in total. The van der Waals surface area contributed by atoms with E-state index >= 15 is 0 Å². The third-order valence-corrected chi connectivity index (χ3v) is 5.28. The smallest absolute Gasteiger partial charge is 0.244 e.